The highest BCUT2D eigenvalue weighted by Gasteiger charge is 2.16. The van der Waals surface area contributed by atoms with Crippen molar-refractivity contribution < 1.29 is 0 Å². The second kappa shape index (κ2) is 6.69. The lowest BCUT2D eigenvalue weighted by Crippen LogP contribution is -2.33. The summed E-state index contributed by atoms with van der Waals surface area (Å²) in [5, 5.41) is 7.66. The van der Waals surface area contributed by atoms with E-state index in [1.807, 2.05) is 17.9 Å². The predicted octanol–water partition coefficient (Wildman–Crippen LogP) is 2.38. The number of nitrogens with one attached hydrogen (secondary N) is 1. The molecule has 0 spiro atoms. The summed E-state index contributed by atoms with van der Waals surface area (Å²) in [6.07, 6.45) is 8.92. The minimum atomic E-state index is 0.634. The van der Waals surface area contributed by atoms with E-state index in [1.165, 1.54) is 24.8 Å². The van der Waals surface area contributed by atoms with Crippen LogP contribution in [0.3, 0.4) is 0 Å². The summed E-state index contributed by atoms with van der Waals surface area (Å²) in [5.74, 6) is 0.793. The van der Waals surface area contributed by atoms with E-state index < -0.39 is 0 Å². The molecule has 1 unspecified atom stereocenters. The molecule has 0 aliphatic rings. The van der Waals surface area contributed by atoms with Gasteiger partial charge in [0.05, 0.1) is 6.20 Å². The summed E-state index contributed by atoms with van der Waals surface area (Å²) in [6.45, 7) is 4.56. The minimum Gasteiger partial charge on any atom is -0.317 e. The Morgan fingerprint density at radius 3 is 2.50 bits per heavy atom. The molecule has 1 aromatic heterocycles. The highest BCUT2D eigenvalue weighted by Crippen LogP contribution is 2.17. The average molecular weight is 223 g/mol. The average Bonchev–Trinajstić information content (AvgIpc) is 2.70. The number of rotatable bonds is 7. The van der Waals surface area contributed by atoms with Gasteiger partial charge in [-0.25, -0.2) is 0 Å². The van der Waals surface area contributed by atoms with E-state index in [0.717, 1.165) is 12.3 Å². The normalized spacial score (nSPS) is 13.3. The summed E-state index contributed by atoms with van der Waals surface area (Å²) in [7, 11) is 4.05. The highest BCUT2D eigenvalue weighted by molar-refractivity contribution is 5.04. The monoisotopic (exact) mass is 223 g/mol. The van der Waals surface area contributed by atoms with Gasteiger partial charge in [0.15, 0.2) is 0 Å². The van der Waals surface area contributed by atoms with Crippen LogP contribution in [0, 0.1) is 5.92 Å². The van der Waals surface area contributed by atoms with Crippen molar-refractivity contribution in [2.75, 3.05) is 7.05 Å². The third-order valence-electron chi connectivity index (χ3n) is 3.49. The van der Waals surface area contributed by atoms with Crippen molar-refractivity contribution in [3.63, 3.8) is 0 Å². The summed E-state index contributed by atoms with van der Waals surface area (Å²) in [6, 6.07) is 0.634. The van der Waals surface area contributed by atoms with Crippen LogP contribution in [-0.4, -0.2) is 22.9 Å². The molecule has 0 radical (unpaired) electrons. The van der Waals surface area contributed by atoms with Crippen molar-refractivity contribution >= 4 is 0 Å². The molecule has 0 aliphatic carbocycles. The largest absolute Gasteiger partial charge is 0.317 e. The molecule has 1 rings (SSSR count). The first kappa shape index (κ1) is 13.2. The van der Waals surface area contributed by atoms with Gasteiger partial charge in [0, 0.05) is 19.3 Å². The Morgan fingerprint density at radius 2 is 2.06 bits per heavy atom. The fraction of sp³-hybridized carbons (Fsp3) is 0.769. The Morgan fingerprint density at radius 1 is 1.38 bits per heavy atom. The van der Waals surface area contributed by atoms with Crippen molar-refractivity contribution in [1.29, 1.82) is 0 Å². The molecule has 0 aliphatic heterocycles. The first-order valence-electron chi connectivity index (χ1n) is 6.36. The van der Waals surface area contributed by atoms with Crippen LogP contribution in [0.1, 0.15) is 38.7 Å². The van der Waals surface area contributed by atoms with Crippen LogP contribution in [0.5, 0.6) is 0 Å². The second-order valence-electron chi connectivity index (χ2n) is 4.53. The van der Waals surface area contributed by atoms with E-state index in [1.54, 1.807) is 0 Å². The molecular formula is C13H25N3. The Bertz CT molecular complexity index is 289. The Labute approximate surface area is 99.2 Å². The van der Waals surface area contributed by atoms with Crippen molar-refractivity contribution in [2.45, 2.75) is 45.6 Å². The number of aromatic nitrogens is 2. The van der Waals surface area contributed by atoms with E-state index in [-0.39, 0.29) is 0 Å². The van der Waals surface area contributed by atoms with Crippen LogP contribution in [0.2, 0.25) is 0 Å². The molecule has 0 bridgehead atoms. The maximum absolute atomic E-state index is 4.20. The number of hydrogen-bond acceptors (Lipinski definition) is 2. The van der Waals surface area contributed by atoms with Crippen LogP contribution in [0.4, 0.5) is 0 Å². The number of nitrogens with zero attached hydrogens (tertiary/aromatic N) is 2. The standard InChI is InChI=1S/C13H25N3/c1-5-12(6-2)13(14-3)8-7-11-9-15-16(4)10-11/h9-10,12-14H,5-8H2,1-4H3. The van der Waals surface area contributed by atoms with Crippen molar-refractivity contribution in [3.05, 3.63) is 18.0 Å². The van der Waals surface area contributed by atoms with Gasteiger partial charge in [-0.05, 0) is 31.4 Å². The van der Waals surface area contributed by atoms with Gasteiger partial charge in [0.1, 0.15) is 0 Å². The zero-order valence-electron chi connectivity index (χ0n) is 11.0. The van der Waals surface area contributed by atoms with Gasteiger partial charge in [-0.3, -0.25) is 4.68 Å². The SMILES string of the molecule is CCC(CC)C(CCc1cnn(C)c1)NC. The molecule has 0 saturated heterocycles. The van der Waals surface area contributed by atoms with Crippen molar-refractivity contribution in [3.8, 4) is 0 Å². The van der Waals surface area contributed by atoms with E-state index in [9.17, 15) is 0 Å². The fourth-order valence-corrected chi connectivity index (χ4v) is 2.40. The van der Waals surface area contributed by atoms with Crippen LogP contribution in [0.25, 0.3) is 0 Å². The summed E-state index contributed by atoms with van der Waals surface area (Å²) < 4.78 is 1.88. The van der Waals surface area contributed by atoms with Gasteiger partial charge in [-0.15, -0.1) is 0 Å². The first-order valence-corrected chi connectivity index (χ1v) is 6.36. The Balaban J connectivity index is 2.44. The van der Waals surface area contributed by atoms with Gasteiger partial charge in [-0.1, -0.05) is 26.7 Å². The van der Waals surface area contributed by atoms with Crippen molar-refractivity contribution in [1.82, 2.24) is 15.1 Å². The van der Waals surface area contributed by atoms with Gasteiger partial charge in [0.2, 0.25) is 0 Å². The maximum Gasteiger partial charge on any atom is 0.0521 e. The third kappa shape index (κ3) is 3.63. The van der Waals surface area contributed by atoms with E-state index in [0.29, 0.717) is 6.04 Å². The molecule has 92 valence electrons. The first-order chi connectivity index (χ1) is 7.71. The Kier molecular flexibility index (Phi) is 5.53. The third-order valence-corrected chi connectivity index (χ3v) is 3.49. The van der Waals surface area contributed by atoms with Gasteiger partial charge in [0.25, 0.3) is 0 Å². The summed E-state index contributed by atoms with van der Waals surface area (Å²) >= 11 is 0. The lowest BCUT2D eigenvalue weighted by molar-refractivity contribution is 0.334. The molecule has 0 amide bonds. The molecule has 0 fully saturated rings. The predicted molar refractivity (Wildman–Crippen MR) is 68.4 cm³/mol. The molecule has 16 heavy (non-hydrogen) atoms. The fourth-order valence-electron chi connectivity index (χ4n) is 2.40. The molecule has 3 heteroatoms. The van der Waals surface area contributed by atoms with Crippen LogP contribution < -0.4 is 5.32 Å². The smallest absolute Gasteiger partial charge is 0.0521 e. The van der Waals surface area contributed by atoms with Crippen LogP contribution in [0.15, 0.2) is 12.4 Å². The van der Waals surface area contributed by atoms with Crippen LogP contribution in [-0.2, 0) is 13.5 Å². The van der Waals surface area contributed by atoms with Gasteiger partial charge >= 0.3 is 0 Å². The second-order valence-corrected chi connectivity index (χ2v) is 4.53. The number of hydrogen-bond donors (Lipinski definition) is 1. The molecule has 1 aromatic rings. The maximum atomic E-state index is 4.20. The lowest BCUT2D eigenvalue weighted by Gasteiger charge is -2.24. The molecule has 1 atom stereocenters. The quantitative estimate of drug-likeness (QED) is 0.769. The molecule has 0 aromatic carbocycles. The van der Waals surface area contributed by atoms with Crippen molar-refractivity contribution in [2.24, 2.45) is 13.0 Å². The summed E-state index contributed by atoms with van der Waals surface area (Å²) in [5.41, 5.74) is 1.34. The molecular weight excluding hydrogens is 198 g/mol. The minimum absolute atomic E-state index is 0.634. The van der Waals surface area contributed by atoms with E-state index >= 15 is 0 Å². The lowest BCUT2D eigenvalue weighted by atomic mass is 9.90. The zero-order valence-corrected chi connectivity index (χ0v) is 11.0. The van der Waals surface area contributed by atoms with Gasteiger partial charge in [-0.2, -0.15) is 5.10 Å². The zero-order chi connectivity index (χ0) is 12.0. The molecule has 0 saturated carbocycles. The van der Waals surface area contributed by atoms with Gasteiger partial charge < -0.3 is 5.32 Å². The topological polar surface area (TPSA) is 29.9 Å². The summed E-state index contributed by atoms with van der Waals surface area (Å²) in [4.78, 5) is 0. The number of aryl methyl sites for hydroxylation is 2. The molecule has 3 nitrogen and oxygen atoms in total. The van der Waals surface area contributed by atoms with Crippen LogP contribution >= 0.6 is 0 Å². The van der Waals surface area contributed by atoms with E-state index in [4.69, 9.17) is 0 Å². The Hall–Kier alpha value is -0.830. The molecule has 1 heterocycles. The molecule has 1 N–H and O–H groups in total. The van der Waals surface area contributed by atoms with E-state index in [2.05, 4.69) is 37.5 Å². The highest BCUT2D eigenvalue weighted by atomic mass is 15.2.